The van der Waals surface area contributed by atoms with Crippen LogP contribution >= 0.6 is 11.6 Å². The van der Waals surface area contributed by atoms with Crippen LogP contribution in [-0.2, 0) is 11.2 Å². The zero-order valence-corrected chi connectivity index (χ0v) is 16.3. The average molecular weight is 404 g/mol. The number of hydrogen-bond donors (Lipinski definition) is 1. The van der Waals surface area contributed by atoms with Crippen molar-refractivity contribution < 1.29 is 13.6 Å². The van der Waals surface area contributed by atoms with Gasteiger partial charge in [-0.1, -0.05) is 31.5 Å². The third kappa shape index (κ3) is 3.26. The van der Waals surface area contributed by atoms with Crippen molar-refractivity contribution in [2.75, 3.05) is 0 Å². The van der Waals surface area contributed by atoms with Crippen LogP contribution in [0.3, 0.4) is 0 Å². The van der Waals surface area contributed by atoms with Crippen LogP contribution in [0.5, 0.6) is 0 Å². The summed E-state index contributed by atoms with van der Waals surface area (Å²) in [6.45, 7) is 3.83. The molecule has 1 N–H and O–H groups in total. The van der Waals surface area contributed by atoms with Gasteiger partial charge in [-0.2, -0.15) is 0 Å². The third-order valence-electron chi connectivity index (χ3n) is 5.32. The predicted molar refractivity (Wildman–Crippen MR) is 104 cm³/mol. The summed E-state index contributed by atoms with van der Waals surface area (Å²) in [6.07, 6.45) is 3.12. The van der Waals surface area contributed by atoms with Gasteiger partial charge in [0, 0.05) is 17.2 Å². The highest BCUT2D eigenvalue weighted by Gasteiger charge is 2.30. The maximum absolute atomic E-state index is 13.8. The summed E-state index contributed by atoms with van der Waals surface area (Å²) in [5.41, 5.74) is 2.93. The Labute approximate surface area is 166 Å². The average Bonchev–Trinajstić information content (AvgIpc) is 3.20. The van der Waals surface area contributed by atoms with Crippen LogP contribution in [-0.4, -0.2) is 15.5 Å². The molecule has 7 heteroatoms. The summed E-state index contributed by atoms with van der Waals surface area (Å²) < 4.78 is 28.9. The number of aryl methyl sites for hydroxylation is 1. The number of amides is 1. The number of rotatable bonds is 4. The van der Waals surface area contributed by atoms with E-state index >= 15 is 0 Å². The van der Waals surface area contributed by atoms with Crippen molar-refractivity contribution in [2.24, 2.45) is 5.92 Å². The fraction of sp³-hybridized carbons (Fsp3) is 0.333. The highest BCUT2D eigenvalue weighted by atomic mass is 35.5. The van der Waals surface area contributed by atoms with Crippen LogP contribution in [0.2, 0.25) is 5.02 Å². The van der Waals surface area contributed by atoms with Gasteiger partial charge in [0.2, 0.25) is 5.91 Å². The number of nitrogens with zero attached hydrogens (tertiary/aromatic N) is 2. The van der Waals surface area contributed by atoms with E-state index in [0.29, 0.717) is 16.1 Å². The minimum Gasteiger partial charge on any atom is -0.347 e. The Morgan fingerprint density at radius 3 is 2.75 bits per heavy atom. The molecule has 1 aromatic heterocycles. The number of imidazole rings is 1. The Hall–Kier alpha value is -2.47. The molecule has 3 aromatic rings. The first-order chi connectivity index (χ1) is 13.3. The molecule has 0 aliphatic heterocycles. The van der Waals surface area contributed by atoms with E-state index < -0.39 is 17.7 Å². The normalized spacial score (nSPS) is 17.1. The molecule has 2 atom stereocenters. The van der Waals surface area contributed by atoms with E-state index in [9.17, 15) is 13.6 Å². The lowest BCUT2D eigenvalue weighted by molar-refractivity contribution is -0.126. The van der Waals surface area contributed by atoms with Gasteiger partial charge in [-0.3, -0.25) is 4.79 Å². The van der Waals surface area contributed by atoms with Gasteiger partial charge in [0.1, 0.15) is 6.04 Å². The maximum atomic E-state index is 13.8. The molecule has 0 saturated heterocycles. The summed E-state index contributed by atoms with van der Waals surface area (Å²) >= 11 is 6.06. The summed E-state index contributed by atoms with van der Waals surface area (Å²) in [5, 5.41) is 3.80. The molecule has 1 aliphatic carbocycles. The lowest BCUT2D eigenvalue weighted by Gasteiger charge is -2.25. The van der Waals surface area contributed by atoms with Crippen LogP contribution in [0.25, 0.3) is 11.0 Å². The lowest BCUT2D eigenvalue weighted by atomic mass is 10.0. The topological polar surface area (TPSA) is 46.9 Å². The highest BCUT2D eigenvalue weighted by molar-refractivity contribution is 6.30. The molecular formula is C21H20ClF2N3O. The molecule has 1 heterocycles. The van der Waals surface area contributed by atoms with Crippen LogP contribution < -0.4 is 5.32 Å². The van der Waals surface area contributed by atoms with Gasteiger partial charge in [0.15, 0.2) is 11.6 Å². The molecule has 1 amide bonds. The fourth-order valence-electron chi connectivity index (χ4n) is 3.99. The molecule has 2 aromatic carbocycles. The Bertz CT molecular complexity index is 1060. The predicted octanol–water partition coefficient (Wildman–Crippen LogP) is 4.97. The fourth-order valence-corrected chi connectivity index (χ4v) is 4.18. The molecule has 0 saturated carbocycles. The molecule has 0 radical (unpaired) electrons. The highest BCUT2D eigenvalue weighted by Crippen LogP contribution is 2.34. The minimum absolute atomic E-state index is 0.0726. The second kappa shape index (κ2) is 7.17. The van der Waals surface area contributed by atoms with Crippen molar-refractivity contribution in [1.29, 1.82) is 0 Å². The van der Waals surface area contributed by atoms with E-state index in [1.807, 2.05) is 32.0 Å². The number of fused-ring (bicyclic) bond motifs is 2. The van der Waals surface area contributed by atoms with E-state index in [1.165, 1.54) is 6.33 Å². The molecular weight excluding hydrogens is 384 g/mol. The Morgan fingerprint density at radius 1 is 1.25 bits per heavy atom. The van der Waals surface area contributed by atoms with Crippen molar-refractivity contribution in [2.45, 2.75) is 38.8 Å². The van der Waals surface area contributed by atoms with Crippen LogP contribution in [0, 0.1) is 17.6 Å². The number of hydrogen-bond acceptors (Lipinski definition) is 2. The molecule has 28 heavy (non-hydrogen) atoms. The number of carbonyl (C=O) groups excluding carboxylic acids is 1. The van der Waals surface area contributed by atoms with Crippen molar-refractivity contribution in [3.63, 3.8) is 0 Å². The summed E-state index contributed by atoms with van der Waals surface area (Å²) in [7, 11) is 0. The molecule has 4 rings (SSSR count). The van der Waals surface area contributed by atoms with Gasteiger partial charge < -0.3 is 9.88 Å². The lowest BCUT2D eigenvalue weighted by Crippen LogP contribution is -2.37. The Kier molecular flexibility index (Phi) is 4.83. The van der Waals surface area contributed by atoms with E-state index in [1.54, 1.807) is 4.57 Å². The first kappa shape index (κ1) is 18.9. The van der Waals surface area contributed by atoms with Crippen molar-refractivity contribution in [3.05, 3.63) is 64.4 Å². The van der Waals surface area contributed by atoms with Gasteiger partial charge in [-0.25, -0.2) is 13.8 Å². The van der Waals surface area contributed by atoms with Crippen LogP contribution in [0.4, 0.5) is 8.78 Å². The number of nitrogens with one attached hydrogen (secondary N) is 1. The summed E-state index contributed by atoms with van der Waals surface area (Å²) in [5.74, 6) is -2.16. The van der Waals surface area contributed by atoms with Gasteiger partial charge in [0.25, 0.3) is 0 Å². The second-order valence-electron chi connectivity index (χ2n) is 7.54. The molecule has 4 nitrogen and oxygen atoms in total. The van der Waals surface area contributed by atoms with Crippen LogP contribution in [0.15, 0.2) is 36.7 Å². The standard InChI is InChI=1S/C21H20ClF2N3O/c1-11(2)20(27-10-25-18-8-15(23)16(24)9-19(18)27)21(28)26-17-6-3-12-7-13(22)4-5-14(12)17/h4-5,7-11,17,20H,3,6H2,1-2H3,(H,26,28)/t17-,20-/m0/s1. The van der Waals surface area contributed by atoms with Crippen molar-refractivity contribution in [1.82, 2.24) is 14.9 Å². The molecule has 0 spiro atoms. The zero-order valence-electron chi connectivity index (χ0n) is 15.5. The van der Waals surface area contributed by atoms with E-state index in [2.05, 4.69) is 10.3 Å². The van der Waals surface area contributed by atoms with Gasteiger partial charge in [-0.05, 0) is 42.0 Å². The Balaban J connectivity index is 1.65. The second-order valence-corrected chi connectivity index (χ2v) is 7.98. The minimum atomic E-state index is -0.959. The number of halogens is 3. The smallest absolute Gasteiger partial charge is 0.243 e. The van der Waals surface area contributed by atoms with Crippen molar-refractivity contribution >= 4 is 28.5 Å². The largest absolute Gasteiger partial charge is 0.347 e. The SMILES string of the molecule is CC(C)[C@@H](C(=O)N[C@H]1CCc2cc(Cl)ccc21)n1cnc2cc(F)c(F)cc21. The van der Waals surface area contributed by atoms with Gasteiger partial charge in [0.05, 0.1) is 23.4 Å². The number of aromatic nitrogens is 2. The maximum Gasteiger partial charge on any atom is 0.243 e. The monoisotopic (exact) mass is 403 g/mol. The van der Waals surface area contributed by atoms with Gasteiger partial charge in [-0.15, -0.1) is 0 Å². The Morgan fingerprint density at radius 2 is 2.00 bits per heavy atom. The van der Waals surface area contributed by atoms with E-state index in [0.717, 1.165) is 36.1 Å². The van der Waals surface area contributed by atoms with Crippen molar-refractivity contribution in [3.8, 4) is 0 Å². The molecule has 146 valence electrons. The summed E-state index contributed by atoms with van der Waals surface area (Å²) in [6, 6.07) is 7.16. The number of benzene rings is 2. The zero-order chi connectivity index (χ0) is 20.0. The van der Waals surface area contributed by atoms with E-state index in [4.69, 9.17) is 11.6 Å². The first-order valence-electron chi connectivity index (χ1n) is 9.25. The first-order valence-corrected chi connectivity index (χ1v) is 9.63. The quantitative estimate of drug-likeness (QED) is 0.668. The molecule has 0 fully saturated rings. The summed E-state index contributed by atoms with van der Waals surface area (Å²) in [4.78, 5) is 17.3. The number of carbonyl (C=O) groups is 1. The molecule has 1 aliphatic rings. The third-order valence-corrected chi connectivity index (χ3v) is 5.55. The van der Waals surface area contributed by atoms with Gasteiger partial charge >= 0.3 is 0 Å². The molecule has 0 unspecified atom stereocenters. The molecule has 0 bridgehead atoms. The van der Waals surface area contributed by atoms with E-state index in [-0.39, 0.29) is 17.9 Å². The van der Waals surface area contributed by atoms with Crippen LogP contribution in [0.1, 0.15) is 43.5 Å².